The number of carbonyl (C=O) groups is 2. The van der Waals surface area contributed by atoms with E-state index in [2.05, 4.69) is 33.0 Å². The zero-order valence-corrected chi connectivity index (χ0v) is 27.7. The van der Waals surface area contributed by atoms with Crippen molar-refractivity contribution in [2.24, 2.45) is 52.3 Å². The highest BCUT2D eigenvalue weighted by Crippen LogP contribution is 2.68. The molecule has 43 heavy (non-hydrogen) atoms. The summed E-state index contributed by atoms with van der Waals surface area (Å²) < 4.78 is 6.62. The molecule has 1 aromatic rings. The van der Waals surface area contributed by atoms with Crippen molar-refractivity contribution in [1.82, 2.24) is 5.32 Å². The molecule has 4 aliphatic rings. The maximum absolute atomic E-state index is 13.6. The third-order valence-corrected chi connectivity index (χ3v) is 13.4. The Morgan fingerprint density at radius 2 is 1.67 bits per heavy atom. The lowest BCUT2D eigenvalue weighted by Gasteiger charge is -2.63. The standard InChI is InChI=1S/C38H59NO4/c1-6-7-22-39-29-18-20-37(4)28(23-29)24-33(43-36(42)27-14-9-8-10-15-27)34-31-17-16-30(38(31,5)21-19-32(34)37)25(2)12-11-13-26(3)35(40)41/h8-10,14-15,25-26,28-34,39H,6-7,11-13,16-24H2,1-5H3,(H,40,41)/t25-,26?,28-,29+,30-,31?,32?,33-,34?,37+,38-/m1/s1. The van der Waals surface area contributed by atoms with Crippen molar-refractivity contribution in [1.29, 1.82) is 0 Å². The molecule has 0 saturated heterocycles. The lowest BCUT2D eigenvalue weighted by atomic mass is 9.43. The van der Waals surface area contributed by atoms with Gasteiger partial charge in [-0.15, -0.1) is 0 Å². The SMILES string of the molecule is CCCCN[C@H]1CC[C@]2(C)C3CC[C@@]4(C)C(CC[C@@H]4[C@H](C)CCCC(C)C(=O)O)C3[C@H](OC(=O)c3ccccc3)C[C@H]2C1. The molecule has 5 nitrogen and oxygen atoms in total. The van der Waals surface area contributed by atoms with Gasteiger partial charge in [-0.1, -0.05) is 72.1 Å². The van der Waals surface area contributed by atoms with Crippen molar-refractivity contribution < 1.29 is 19.4 Å². The Morgan fingerprint density at radius 1 is 0.953 bits per heavy atom. The van der Waals surface area contributed by atoms with Gasteiger partial charge in [0.15, 0.2) is 0 Å². The largest absolute Gasteiger partial charge is 0.481 e. The molecule has 1 aromatic carbocycles. The number of unbranched alkanes of at least 4 members (excludes halogenated alkanes) is 1. The Morgan fingerprint density at radius 3 is 2.40 bits per heavy atom. The van der Waals surface area contributed by atoms with Crippen LogP contribution in [0.25, 0.3) is 0 Å². The highest BCUT2D eigenvalue weighted by molar-refractivity contribution is 5.89. The lowest BCUT2D eigenvalue weighted by molar-refractivity contribution is -0.168. The second-order valence-corrected chi connectivity index (χ2v) is 15.7. The van der Waals surface area contributed by atoms with Crippen LogP contribution in [0.1, 0.15) is 128 Å². The smallest absolute Gasteiger partial charge is 0.338 e. The first-order valence-electron chi connectivity index (χ1n) is 17.8. The molecule has 0 bridgehead atoms. The molecule has 0 aliphatic heterocycles. The molecule has 240 valence electrons. The number of nitrogens with one attached hydrogen (secondary N) is 1. The van der Waals surface area contributed by atoms with E-state index in [4.69, 9.17) is 4.74 Å². The lowest BCUT2D eigenvalue weighted by Crippen LogP contribution is -2.60. The average Bonchev–Trinajstić information content (AvgIpc) is 3.35. The molecule has 0 aromatic heterocycles. The van der Waals surface area contributed by atoms with Crippen LogP contribution in [0, 0.1) is 52.3 Å². The summed E-state index contributed by atoms with van der Waals surface area (Å²) >= 11 is 0. The van der Waals surface area contributed by atoms with Gasteiger partial charge in [-0.2, -0.15) is 0 Å². The predicted molar refractivity (Wildman–Crippen MR) is 173 cm³/mol. The minimum absolute atomic E-state index is 0.0136. The fourth-order valence-electron chi connectivity index (χ4n) is 10.8. The number of carbonyl (C=O) groups excluding carboxylic acids is 1. The molecule has 5 heteroatoms. The van der Waals surface area contributed by atoms with Gasteiger partial charge in [-0.3, -0.25) is 4.79 Å². The van der Waals surface area contributed by atoms with Gasteiger partial charge in [0, 0.05) is 12.0 Å². The number of rotatable bonds is 12. The van der Waals surface area contributed by atoms with E-state index in [1.807, 2.05) is 37.3 Å². The van der Waals surface area contributed by atoms with Crippen LogP contribution in [0.4, 0.5) is 0 Å². The van der Waals surface area contributed by atoms with E-state index < -0.39 is 5.97 Å². The van der Waals surface area contributed by atoms with Crippen molar-refractivity contribution >= 4 is 11.9 Å². The summed E-state index contributed by atoms with van der Waals surface area (Å²) in [6.07, 6.45) is 15.1. The molecular formula is C38H59NO4. The molecule has 4 fully saturated rings. The Labute approximate surface area is 261 Å². The number of hydrogen-bond acceptors (Lipinski definition) is 4. The monoisotopic (exact) mass is 593 g/mol. The maximum Gasteiger partial charge on any atom is 0.338 e. The Balaban J connectivity index is 1.36. The summed E-state index contributed by atoms with van der Waals surface area (Å²) in [5.41, 5.74) is 1.25. The molecule has 0 radical (unpaired) electrons. The van der Waals surface area contributed by atoms with Gasteiger partial charge in [-0.25, -0.2) is 4.79 Å². The highest BCUT2D eigenvalue weighted by atomic mass is 16.5. The summed E-state index contributed by atoms with van der Waals surface area (Å²) in [5, 5.41) is 13.2. The first kappa shape index (κ1) is 32.5. The van der Waals surface area contributed by atoms with Gasteiger partial charge in [0.1, 0.15) is 6.10 Å². The van der Waals surface area contributed by atoms with Gasteiger partial charge in [-0.05, 0) is 123 Å². The van der Waals surface area contributed by atoms with Crippen LogP contribution in [-0.2, 0) is 9.53 Å². The first-order chi connectivity index (χ1) is 20.6. The van der Waals surface area contributed by atoms with Crippen LogP contribution < -0.4 is 5.32 Å². The zero-order valence-electron chi connectivity index (χ0n) is 27.7. The molecule has 5 rings (SSSR count). The van der Waals surface area contributed by atoms with E-state index in [-0.39, 0.29) is 23.4 Å². The quantitative estimate of drug-likeness (QED) is 0.187. The maximum atomic E-state index is 13.6. The fourth-order valence-corrected chi connectivity index (χ4v) is 10.8. The number of hydrogen-bond donors (Lipinski definition) is 2. The van der Waals surface area contributed by atoms with Crippen molar-refractivity contribution in [3.8, 4) is 0 Å². The Hall–Kier alpha value is -1.88. The highest BCUT2D eigenvalue weighted by Gasteiger charge is 2.63. The van der Waals surface area contributed by atoms with Gasteiger partial charge >= 0.3 is 11.9 Å². The summed E-state index contributed by atoms with van der Waals surface area (Å²) in [6.45, 7) is 12.8. The van der Waals surface area contributed by atoms with E-state index in [9.17, 15) is 14.7 Å². The second kappa shape index (κ2) is 13.6. The van der Waals surface area contributed by atoms with Gasteiger partial charge < -0.3 is 15.2 Å². The fraction of sp³-hybridized carbons (Fsp3) is 0.789. The molecule has 0 heterocycles. The predicted octanol–water partition coefficient (Wildman–Crippen LogP) is 8.77. The van der Waals surface area contributed by atoms with E-state index in [0.717, 1.165) is 32.2 Å². The number of aliphatic carboxylic acids is 1. The van der Waals surface area contributed by atoms with Crippen LogP contribution in [0.2, 0.25) is 0 Å². The molecule has 0 amide bonds. The molecule has 0 spiro atoms. The molecule has 2 N–H and O–H groups in total. The molecule has 4 unspecified atom stereocenters. The van der Waals surface area contributed by atoms with Crippen molar-refractivity contribution in [3.05, 3.63) is 35.9 Å². The molecular weight excluding hydrogens is 534 g/mol. The number of fused-ring (bicyclic) bond motifs is 5. The Bertz CT molecular complexity index is 1090. The van der Waals surface area contributed by atoms with Gasteiger partial charge in [0.05, 0.1) is 11.5 Å². The van der Waals surface area contributed by atoms with E-state index in [0.29, 0.717) is 52.5 Å². The zero-order chi connectivity index (χ0) is 30.8. The first-order valence-corrected chi connectivity index (χ1v) is 17.8. The third-order valence-electron chi connectivity index (χ3n) is 13.4. The molecule has 4 aliphatic carbocycles. The summed E-state index contributed by atoms with van der Waals surface area (Å²) in [5.74, 6) is 2.38. The van der Waals surface area contributed by atoms with Crippen LogP contribution >= 0.6 is 0 Å². The minimum Gasteiger partial charge on any atom is -0.481 e. The average molecular weight is 594 g/mol. The number of esters is 1. The third kappa shape index (κ3) is 6.58. The Kier molecular flexibility index (Phi) is 10.3. The van der Waals surface area contributed by atoms with Crippen LogP contribution in [-0.4, -0.2) is 35.7 Å². The summed E-state index contributed by atoms with van der Waals surface area (Å²) in [6, 6.07) is 10.2. The van der Waals surface area contributed by atoms with Crippen LogP contribution in [0.15, 0.2) is 30.3 Å². The minimum atomic E-state index is -0.676. The van der Waals surface area contributed by atoms with Crippen molar-refractivity contribution in [2.75, 3.05) is 6.54 Å². The number of benzene rings is 1. The van der Waals surface area contributed by atoms with Crippen molar-refractivity contribution in [2.45, 2.75) is 130 Å². The van der Waals surface area contributed by atoms with Crippen LogP contribution in [0.5, 0.6) is 0 Å². The molecule has 11 atom stereocenters. The van der Waals surface area contributed by atoms with Gasteiger partial charge in [0.2, 0.25) is 0 Å². The van der Waals surface area contributed by atoms with Crippen molar-refractivity contribution in [3.63, 3.8) is 0 Å². The number of ether oxygens (including phenoxy) is 1. The number of carboxylic acid groups (broad SMARTS) is 1. The number of carboxylic acids is 1. The second-order valence-electron chi connectivity index (χ2n) is 15.7. The summed E-state index contributed by atoms with van der Waals surface area (Å²) in [4.78, 5) is 24.9. The topological polar surface area (TPSA) is 75.6 Å². The van der Waals surface area contributed by atoms with Gasteiger partial charge in [0.25, 0.3) is 0 Å². The molecule has 4 saturated carbocycles. The van der Waals surface area contributed by atoms with E-state index >= 15 is 0 Å². The normalized spacial score (nSPS) is 38.3. The summed E-state index contributed by atoms with van der Waals surface area (Å²) in [7, 11) is 0. The van der Waals surface area contributed by atoms with E-state index in [1.54, 1.807) is 0 Å². The van der Waals surface area contributed by atoms with E-state index in [1.165, 1.54) is 57.8 Å². The van der Waals surface area contributed by atoms with Crippen LogP contribution in [0.3, 0.4) is 0 Å².